The van der Waals surface area contributed by atoms with Gasteiger partial charge in [0.2, 0.25) is 6.10 Å². The molecule has 9 heteroatoms. The molecule has 0 saturated carbocycles. The lowest BCUT2D eigenvalue weighted by Crippen LogP contribution is -2.21. The smallest absolute Gasteiger partial charge is 0.351 e. The van der Waals surface area contributed by atoms with Gasteiger partial charge in [-0.05, 0) is 40.2 Å². The molecular weight excluding hydrogens is 409 g/mol. The molecule has 0 saturated heterocycles. The van der Waals surface area contributed by atoms with E-state index in [0.29, 0.717) is 0 Å². The molecular formula is C15H10BrClFNO5. The minimum atomic E-state index is -1.53. The van der Waals surface area contributed by atoms with E-state index in [1.54, 1.807) is 0 Å². The van der Waals surface area contributed by atoms with Crippen LogP contribution in [0.15, 0.2) is 40.9 Å². The lowest BCUT2D eigenvalue weighted by atomic mass is 10.1. The van der Waals surface area contributed by atoms with Gasteiger partial charge in [0.25, 0.3) is 0 Å². The molecule has 6 nitrogen and oxygen atoms in total. The van der Waals surface area contributed by atoms with E-state index >= 15 is 0 Å². The van der Waals surface area contributed by atoms with Gasteiger partial charge in [-0.25, -0.2) is 9.18 Å². The Morgan fingerprint density at radius 1 is 1.38 bits per heavy atom. The summed E-state index contributed by atoms with van der Waals surface area (Å²) in [6, 6.07) is 7.86. The number of nitrogens with zero attached hydrogens (tertiary/aromatic N) is 1. The van der Waals surface area contributed by atoms with Crippen molar-refractivity contribution in [3.05, 3.63) is 67.4 Å². The van der Waals surface area contributed by atoms with Crippen molar-refractivity contribution >= 4 is 39.2 Å². The second kappa shape index (κ2) is 7.59. The van der Waals surface area contributed by atoms with Crippen molar-refractivity contribution < 1.29 is 23.6 Å². The van der Waals surface area contributed by atoms with Crippen molar-refractivity contribution in [3.63, 3.8) is 0 Å². The number of carbonyl (C=O) groups excluding carboxylic acids is 1. The number of para-hydroxylation sites is 1. The highest BCUT2D eigenvalue weighted by Crippen LogP contribution is 2.37. The monoisotopic (exact) mass is 417 g/mol. The van der Waals surface area contributed by atoms with E-state index in [1.807, 2.05) is 0 Å². The summed E-state index contributed by atoms with van der Waals surface area (Å²) < 4.78 is 24.3. The van der Waals surface area contributed by atoms with Crippen molar-refractivity contribution in [2.24, 2.45) is 0 Å². The summed E-state index contributed by atoms with van der Waals surface area (Å²) >= 11 is 8.73. The Hall–Kier alpha value is -2.19. The summed E-state index contributed by atoms with van der Waals surface area (Å²) in [6.45, 7) is 0. The SMILES string of the molecule is COC(=O)C(Oc1cccc(Br)c1[N+](=O)[O-])c1ccc(Cl)cc1F. The number of rotatable bonds is 5. The molecule has 1 unspecified atom stereocenters. The van der Waals surface area contributed by atoms with Crippen molar-refractivity contribution in [1.29, 1.82) is 0 Å². The van der Waals surface area contributed by atoms with Crippen LogP contribution in [0.1, 0.15) is 11.7 Å². The van der Waals surface area contributed by atoms with Crippen LogP contribution in [0.25, 0.3) is 0 Å². The number of nitro benzene ring substituents is 1. The molecule has 0 bridgehead atoms. The Kier molecular flexibility index (Phi) is 5.74. The average molecular weight is 419 g/mol. The number of carbonyl (C=O) groups is 1. The molecule has 0 aliphatic heterocycles. The minimum Gasteiger partial charge on any atom is -0.467 e. The van der Waals surface area contributed by atoms with Gasteiger partial charge < -0.3 is 9.47 Å². The first-order chi connectivity index (χ1) is 11.3. The molecule has 0 spiro atoms. The fraction of sp³-hybridized carbons (Fsp3) is 0.133. The van der Waals surface area contributed by atoms with Gasteiger partial charge in [0.1, 0.15) is 5.82 Å². The molecule has 0 fully saturated rings. The largest absolute Gasteiger partial charge is 0.467 e. The number of halogens is 3. The van der Waals surface area contributed by atoms with Gasteiger partial charge in [-0.1, -0.05) is 23.7 Å². The predicted molar refractivity (Wildman–Crippen MR) is 87.6 cm³/mol. The van der Waals surface area contributed by atoms with E-state index in [9.17, 15) is 19.3 Å². The van der Waals surface area contributed by atoms with Gasteiger partial charge in [-0.2, -0.15) is 0 Å². The third-order valence-corrected chi connectivity index (χ3v) is 3.91. The lowest BCUT2D eigenvalue weighted by Gasteiger charge is -2.18. The Morgan fingerprint density at radius 2 is 2.08 bits per heavy atom. The molecule has 0 radical (unpaired) electrons. The Bertz CT molecular complexity index is 801. The van der Waals surface area contributed by atoms with Crippen LogP contribution in [-0.2, 0) is 9.53 Å². The van der Waals surface area contributed by atoms with Gasteiger partial charge in [0, 0.05) is 10.6 Å². The second-order valence-corrected chi connectivity index (χ2v) is 5.82. The molecule has 2 rings (SSSR count). The second-order valence-electron chi connectivity index (χ2n) is 4.53. The third-order valence-electron chi connectivity index (χ3n) is 3.04. The van der Waals surface area contributed by atoms with Gasteiger partial charge in [-0.15, -0.1) is 0 Å². The van der Waals surface area contributed by atoms with E-state index in [2.05, 4.69) is 20.7 Å². The molecule has 0 N–H and O–H groups in total. The number of hydrogen-bond acceptors (Lipinski definition) is 5. The van der Waals surface area contributed by atoms with Gasteiger partial charge in [-0.3, -0.25) is 10.1 Å². The van der Waals surface area contributed by atoms with Crippen LogP contribution in [0.3, 0.4) is 0 Å². The summed E-state index contributed by atoms with van der Waals surface area (Å²) in [5.74, 6) is -1.92. The number of hydrogen-bond donors (Lipinski definition) is 0. The van der Waals surface area contributed by atoms with Crippen LogP contribution < -0.4 is 4.74 Å². The minimum absolute atomic E-state index is 0.133. The van der Waals surface area contributed by atoms with E-state index in [1.165, 1.54) is 30.3 Å². The number of methoxy groups -OCH3 is 1. The van der Waals surface area contributed by atoms with Crippen molar-refractivity contribution in [1.82, 2.24) is 0 Å². The Morgan fingerprint density at radius 3 is 2.67 bits per heavy atom. The zero-order chi connectivity index (χ0) is 17.9. The van der Waals surface area contributed by atoms with E-state index in [0.717, 1.165) is 13.2 Å². The Labute approximate surface area is 149 Å². The zero-order valence-electron chi connectivity index (χ0n) is 12.2. The first-order valence-electron chi connectivity index (χ1n) is 6.47. The molecule has 2 aromatic carbocycles. The average Bonchev–Trinajstić information content (AvgIpc) is 2.52. The zero-order valence-corrected chi connectivity index (χ0v) is 14.5. The fourth-order valence-corrected chi connectivity index (χ4v) is 2.61. The lowest BCUT2D eigenvalue weighted by molar-refractivity contribution is -0.386. The molecule has 0 heterocycles. The molecule has 0 aromatic heterocycles. The molecule has 126 valence electrons. The summed E-state index contributed by atoms with van der Waals surface area (Å²) in [4.78, 5) is 22.5. The Balaban J connectivity index is 2.50. The van der Waals surface area contributed by atoms with Crippen LogP contribution >= 0.6 is 27.5 Å². The normalized spacial score (nSPS) is 11.7. The maximum atomic E-state index is 14.1. The first kappa shape index (κ1) is 18.2. The van der Waals surface area contributed by atoms with E-state index in [4.69, 9.17) is 16.3 Å². The molecule has 24 heavy (non-hydrogen) atoms. The molecule has 0 aliphatic carbocycles. The summed E-state index contributed by atoms with van der Waals surface area (Å²) in [5, 5.41) is 11.3. The van der Waals surface area contributed by atoms with Gasteiger partial charge >= 0.3 is 11.7 Å². The molecule has 2 aromatic rings. The maximum absolute atomic E-state index is 14.1. The summed E-state index contributed by atoms with van der Waals surface area (Å²) in [7, 11) is 1.10. The van der Waals surface area contributed by atoms with Crippen LogP contribution in [0.5, 0.6) is 5.75 Å². The number of nitro groups is 1. The van der Waals surface area contributed by atoms with Crippen molar-refractivity contribution in [3.8, 4) is 5.75 Å². The highest BCUT2D eigenvalue weighted by Gasteiger charge is 2.30. The highest BCUT2D eigenvalue weighted by molar-refractivity contribution is 9.10. The third kappa shape index (κ3) is 3.82. The number of ether oxygens (including phenoxy) is 2. The fourth-order valence-electron chi connectivity index (χ4n) is 1.95. The van der Waals surface area contributed by atoms with E-state index < -0.39 is 22.8 Å². The van der Waals surface area contributed by atoms with Crippen LogP contribution in [-0.4, -0.2) is 18.0 Å². The summed E-state index contributed by atoms with van der Waals surface area (Å²) in [5.41, 5.74) is -0.540. The maximum Gasteiger partial charge on any atom is 0.351 e. The van der Waals surface area contributed by atoms with Crippen molar-refractivity contribution in [2.45, 2.75) is 6.10 Å². The van der Waals surface area contributed by atoms with Gasteiger partial charge in [0.15, 0.2) is 5.75 Å². The molecule has 0 amide bonds. The highest BCUT2D eigenvalue weighted by atomic mass is 79.9. The van der Waals surface area contributed by atoms with Crippen LogP contribution in [0.2, 0.25) is 5.02 Å². The van der Waals surface area contributed by atoms with Gasteiger partial charge in [0.05, 0.1) is 16.5 Å². The quantitative estimate of drug-likeness (QED) is 0.407. The van der Waals surface area contributed by atoms with Crippen molar-refractivity contribution in [2.75, 3.05) is 7.11 Å². The van der Waals surface area contributed by atoms with Crippen LogP contribution in [0.4, 0.5) is 10.1 Å². The predicted octanol–water partition coefficient (Wildman–Crippen LogP) is 4.44. The molecule has 0 aliphatic rings. The van der Waals surface area contributed by atoms with Crippen LogP contribution in [0, 0.1) is 15.9 Å². The topological polar surface area (TPSA) is 78.7 Å². The molecule has 1 atom stereocenters. The van der Waals surface area contributed by atoms with E-state index in [-0.39, 0.29) is 26.5 Å². The number of esters is 1. The number of benzene rings is 2. The first-order valence-corrected chi connectivity index (χ1v) is 7.64. The standard InChI is InChI=1S/C15H10BrClFNO5/c1-23-15(20)14(9-6-5-8(17)7-11(9)18)24-12-4-2-3-10(16)13(12)19(21)22/h2-7,14H,1H3. The summed E-state index contributed by atoms with van der Waals surface area (Å²) in [6.07, 6.45) is -1.53.